The van der Waals surface area contributed by atoms with E-state index in [0.717, 1.165) is 24.8 Å². The molecule has 0 aliphatic heterocycles. The van der Waals surface area contributed by atoms with E-state index in [-0.39, 0.29) is 23.8 Å². The van der Waals surface area contributed by atoms with Crippen molar-refractivity contribution in [2.45, 2.75) is 52.0 Å². The molecule has 1 aliphatic carbocycles. The third-order valence-corrected chi connectivity index (χ3v) is 4.62. The Bertz CT molecular complexity index is 527. The smallest absolute Gasteiger partial charge is 0.306 e. The van der Waals surface area contributed by atoms with Crippen LogP contribution in [0.1, 0.15) is 57.6 Å². The number of carbonyl (C=O) groups is 2. The predicted molar refractivity (Wildman–Crippen MR) is 89.9 cm³/mol. The number of hydrogen-bond acceptors (Lipinski definition) is 2. The highest BCUT2D eigenvalue weighted by molar-refractivity contribution is 5.80. The molecule has 1 aromatic carbocycles. The highest BCUT2D eigenvalue weighted by atomic mass is 16.4. The third-order valence-electron chi connectivity index (χ3n) is 4.62. The zero-order valence-corrected chi connectivity index (χ0v) is 14.0. The van der Waals surface area contributed by atoms with Gasteiger partial charge in [0.05, 0.1) is 12.0 Å². The standard InChI is InChI=1S/C19H27NO3/c1-13(2)11-17(14-7-4-3-5-8-14)20-18(21)15-9-6-10-16(12-15)19(22)23/h3-5,7-8,13,15-17H,6,9-12H2,1-2H3,(H,20,21)(H,22,23). The van der Waals surface area contributed by atoms with Gasteiger partial charge in [0.25, 0.3) is 0 Å². The molecule has 1 amide bonds. The van der Waals surface area contributed by atoms with Crippen LogP contribution < -0.4 is 5.32 Å². The fourth-order valence-electron chi connectivity index (χ4n) is 3.38. The maximum Gasteiger partial charge on any atom is 0.306 e. The van der Waals surface area contributed by atoms with E-state index in [2.05, 4.69) is 19.2 Å². The van der Waals surface area contributed by atoms with Crippen molar-refractivity contribution in [2.75, 3.05) is 0 Å². The summed E-state index contributed by atoms with van der Waals surface area (Å²) in [5, 5.41) is 12.3. The second-order valence-electron chi connectivity index (χ2n) is 7.00. The summed E-state index contributed by atoms with van der Waals surface area (Å²) in [5.74, 6) is -0.851. The van der Waals surface area contributed by atoms with Crippen molar-refractivity contribution in [3.8, 4) is 0 Å². The van der Waals surface area contributed by atoms with Crippen molar-refractivity contribution in [2.24, 2.45) is 17.8 Å². The molecule has 3 unspecified atom stereocenters. The van der Waals surface area contributed by atoms with Gasteiger partial charge in [0, 0.05) is 5.92 Å². The van der Waals surface area contributed by atoms with Gasteiger partial charge in [-0.15, -0.1) is 0 Å². The topological polar surface area (TPSA) is 66.4 Å². The number of carboxylic acids is 1. The van der Waals surface area contributed by atoms with Gasteiger partial charge < -0.3 is 10.4 Å². The second-order valence-corrected chi connectivity index (χ2v) is 7.00. The van der Waals surface area contributed by atoms with E-state index >= 15 is 0 Å². The Labute approximate surface area is 138 Å². The van der Waals surface area contributed by atoms with Crippen molar-refractivity contribution in [1.29, 1.82) is 0 Å². The molecule has 0 radical (unpaired) electrons. The molecule has 0 heterocycles. The van der Waals surface area contributed by atoms with E-state index in [1.165, 1.54) is 0 Å². The van der Waals surface area contributed by atoms with Crippen molar-refractivity contribution in [3.05, 3.63) is 35.9 Å². The molecule has 0 aromatic heterocycles. The van der Waals surface area contributed by atoms with Crippen LogP contribution in [0.15, 0.2) is 30.3 Å². The van der Waals surface area contributed by atoms with Gasteiger partial charge in [-0.3, -0.25) is 9.59 Å². The highest BCUT2D eigenvalue weighted by Crippen LogP contribution is 2.30. The van der Waals surface area contributed by atoms with Crippen LogP contribution >= 0.6 is 0 Å². The SMILES string of the molecule is CC(C)CC(NC(=O)C1CCCC(C(=O)O)C1)c1ccccc1. The Balaban J connectivity index is 2.04. The van der Waals surface area contributed by atoms with Crippen LogP contribution in [0.3, 0.4) is 0 Å². The van der Waals surface area contributed by atoms with Crippen molar-refractivity contribution >= 4 is 11.9 Å². The molecular formula is C19H27NO3. The summed E-state index contributed by atoms with van der Waals surface area (Å²) >= 11 is 0. The number of hydrogen-bond donors (Lipinski definition) is 2. The fraction of sp³-hybridized carbons (Fsp3) is 0.579. The lowest BCUT2D eigenvalue weighted by Crippen LogP contribution is -2.37. The summed E-state index contributed by atoms with van der Waals surface area (Å²) < 4.78 is 0. The van der Waals surface area contributed by atoms with Crippen LogP contribution in [-0.2, 0) is 9.59 Å². The summed E-state index contributed by atoms with van der Waals surface area (Å²) in [4.78, 5) is 23.8. The number of amides is 1. The molecule has 23 heavy (non-hydrogen) atoms. The molecule has 4 nitrogen and oxygen atoms in total. The third kappa shape index (κ3) is 5.08. The monoisotopic (exact) mass is 317 g/mol. The molecule has 1 saturated carbocycles. The van der Waals surface area contributed by atoms with E-state index in [1.54, 1.807) is 0 Å². The molecule has 1 aromatic rings. The first kappa shape index (κ1) is 17.5. The lowest BCUT2D eigenvalue weighted by Gasteiger charge is -2.28. The molecule has 126 valence electrons. The number of aliphatic carboxylic acids is 1. The quantitative estimate of drug-likeness (QED) is 0.839. The van der Waals surface area contributed by atoms with Gasteiger partial charge in [0.1, 0.15) is 0 Å². The maximum absolute atomic E-state index is 12.6. The summed E-state index contributed by atoms with van der Waals surface area (Å²) in [6.07, 6.45) is 3.64. The van der Waals surface area contributed by atoms with E-state index in [4.69, 9.17) is 0 Å². The molecule has 1 aliphatic rings. The van der Waals surface area contributed by atoms with Gasteiger partial charge in [-0.25, -0.2) is 0 Å². The molecule has 0 bridgehead atoms. The molecule has 1 fully saturated rings. The largest absolute Gasteiger partial charge is 0.481 e. The fourth-order valence-corrected chi connectivity index (χ4v) is 3.38. The van der Waals surface area contributed by atoms with Crippen LogP contribution in [0.25, 0.3) is 0 Å². The minimum atomic E-state index is -0.774. The van der Waals surface area contributed by atoms with Crippen LogP contribution in [-0.4, -0.2) is 17.0 Å². The number of rotatable bonds is 6. The van der Waals surface area contributed by atoms with E-state index in [9.17, 15) is 14.7 Å². The zero-order chi connectivity index (χ0) is 16.8. The number of carbonyl (C=O) groups excluding carboxylic acids is 1. The Morgan fingerprint density at radius 3 is 2.43 bits per heavy atom. The van der Waals surface area contributed by atoms with E-state index in [0.29, 0.717) is 18.8 Å². The molecular weight excluding hydrogens is 290 g/mol. The predicted octanol–water partition coefficient (Wildman–Crippen LogP) is 3.78. The minimum absolute atomic E-state index is 0.00505. The van der Waals surface area contributed by atoms with Crippen LogP contribution in [0.4, 0.5) is 0 Å². The molecule has 0 saturated heterocycles. The first-order valence-electron chi connectivity index (χ1n) is 8.55. The summed E-state index contributed by atoms with van der Waals surface area (Å²) in [5.41, 5.74) is 1.11. The first-order valence-corrected chi connectivity index (χ1v) is 8.55. The summed E-state index contributed by atoms with van der Waals surface area (Å²) in [7, 11) is 0. The Kier molecular flexibility index (Phi) is 6.20. The van der Waals surface area contributed by atoms with Crippen molar-refractivity contribution in [3.63, 3.8) is 0 Å². The van der Waals surface area contributed by atoms with Gasteiger partial charge in [-0.2, -0.15) is 0 Å². The lowest BCUT2D eigenvalue weighted by molar-refractivity contribution is -0.144. The van der Waals surface area contributed by atoms with Crippen molar-refractivity contribution in [1.82, 2.24) is 5.32 Å². The molecule has 2 rings (SSSR count). The van der Waals surface area contributed by atoms with Gasteiger partial charge in [0.15, 0.2) is 0 Å². The number of carboxylic acid groups (broad SMARTS) is 1. The Morgan fingerprint density at radius 1 is 1.17 bits per heavy atom. The normalized spacial score (nSPS) is 22.6. The molecule has 4 heteroatoms. The van der Waals surface area contributed by atoms with Gasteiger partial charge in [-0.1, -0.05) is 50.6 Å². The average Bonchev–Trinajstić information content (AvgIpc) is 2.54. The molecule has 0 spiro atoms. The van der Waals surface area contributed by atoms with Crippen LogP contribution in [0, 0.1) is 17.8 Å². The molecule has 3 atom stereocenters. The Morgan fingerprint density at radius 2 is 1.83 bits per heavy atom. The van der Waals surface area contributed by atoms with Crippen LogP contribution in [0.5, 0.6) is 0 Å². The van der Waals surface area contributed by atoms with Gasteiger partial charge in [-0.05, 0) is 37.2 Å². The Hall–Kier alpha value is -1.84. The highest BCUT2D eigenvalue weighted by Gasteiger charge is 2.32. The average molecular weight is 317 g/mol. The summed E-state index contributed by atoms with van der Waals surface area (Å²) in [6, 6.07) is 10.00. The van der Waals surface area contributed by atoms with E-state index < -0.39 is 5.97 Å². The van der Waals surface area contributed by atoms with E-state index in [1.807, 2.05) is 30.3 Å². The summed E-state index contributed by atoms with van der Waals surface area (Å²) in [6.45, 7) is 4.28. The number of benzene rings is 1. The second kappa shape index (κ2) is 8.14. The van der Waals surface area contributed by atoms with Crippen molar-refractivity contribution < 1.29 is 14.7 Å². The molecule has 2 N–H and O–H groups in total. The first-order chi connectivity index (χ1) is 11.0. The van der Waals surface area contributed by atoms with Gasteiger partial charge in [0.2, 0.25) is 5.91 Å². The van der Waals surface area contributed by atoms with Crippen LogP contribution in [0.2, 0.25) is 0 Å². The minimum Gasteiger partial charge on any atom is -0.481 e. The number of nitrogens with one attached hydrogen (secondary N) is 1. The zero-order valence-electron chi connectivity index (χ0n) is 14.0. The lowest BCUT2D eigenvalue weighted by atomic mass is 9.80. The van der Waals surface area contributed by atoms with Gasteiger partial charge >= 0.3 is 5.97 Å². The maximum atomic E-state index is 12.6.